The number of halogens is 1. The first-order chi connectivity index (χ1) is 11.4. The van der Waals surface area contributed by atoms with Crippen LogP contribution in [0.15, 0.2) is 4.99 Å². The SMILES string of the molecule is CCNC(=NCCCCOCC)NCCOC1CCCCCC1.I. The van der Waals surface area contributed by atoms with E-state index in [1.165, 1.54) is 38.5 Å². The van der Waals surface area contributed by atoms with Crippen molar-refractivity contribution in [3.05, 3.63) is 0 Å². The Labute approximate surface area is 165 Å². The number of ether oxygens (including phenoxy) is 2. The molecule has 1 aliphatic rings. The third kappa shape index (κ3) is 13.2. The summed E-state index contributed by atoms with van der Waals surface area (Å²) in [6, 6.07) is 0. The van der Waals surface area contributed by atoms with E-state index in [2.05, 4.69) is 22.5 Å². The monoisotopic (exact) mass is 455 g/mol. The molecule has 1 rings (SSSR count). The van der Waals surface area contributed by atoms with E-state index < -0.39 is 0 Å². The number of guanidine groups is 1. The van der Waals surface area contributed by atoms with Crippen LogP contribution in [0.3, 0.4) is 0 Å². The zero-order valence-electron chi connectivity index (χ0n) is 15.6. The lowest BCUT2D eigenvalue weighted by Gasteiger charge is -2.16. The first-order valence-electron chi connectivity index (χ1n) is 9.58. The Kier molecular flexibility index (Phi) is 17.7. The number of nitrogens with one attached hydrogen (secondary N) is 2. The summed E-state index contributed by atoms with van der Waals surface area (Å²) in [7, 11) is 0. The highest BCUT2D eigenvalue weighted by Crippen LogP contribution is 2.19. The fourth-order valence-corrected chi connectivity index (χ4v) is 2.80. The third-order valence-electron chi connectivity index (χ3n) is 4.07. The molecule has 0 heterocycles. The molecule has 0 unspecified atom stereocenters. The Balaban J connectivity index is 0.00000529. The summed E-state index contributed by atoms with van der Waals surface area (Å²) in [5.74, 6) is 0.897. The lowest BCUT2D eigenvalue weighted by atomic mass is 10.1. The van der Waals surface area contributed by atoms with Crippen molar-refractivity contribution in [1.82, 2.24) is 10.6 Å². The van der Waals surface area contributed by atoms with Crippen molar-refractivity contribution >= 4 is 29.9 Å². The Morgan fingerprint density at radius 1 is 1.00 bits per heavy atom. The average Bonchev–Trinajstić information content (AvgIpc) is 2.83. The van der Waals surface area contributed by atoms with Gasteiger partial charge in [-0.3, -0.25) is 4.99 Å². The fourth-order valence-electron chi connectivity index (χ4n) is 2.80. The molecular weight excluding hydrogens is 417 g/mol. The molecule has 0 aliphatic heterocycles. The van der Waals surface area contributed by atoms with Crippen LogP contribution in [0.5, 0.6) is 0 Å². The molecule has 0 aromatic rings. The normalized spacial score (nSPS) is 16.3. The van der Waals surface area contributed by atoms with Crippen LogP contribution in [0.1, 0.15) is 65.2 Å². The van der Waals surface area contributed by atoms with Crippen molar-refractivity contribution in [1.29, 1.82) is 0 Å². The van der Waals surface area contributed by atoms with Crippen LogP contribution < -0.4 is 10.6 Å². The maximum absolute atomic E-state index is 6.00. The van der Waals surface area contributed by atoms with E-state index in [4.69, 9.17) is 9.47 Å². The van der Waals surface area contributed by atoms with Gasteiger partial charge in [0.15, 0.2) is 5.96 Å². The van der Waals surface area contributed by atoms with E-state index in [9.17, 15) is 0 Å². The lowest BCUT2D eigenvalue weighted by Crippen LogP contribution is -2.39. The van der Waals surface area contributed by atoms with Crippen LogP contribution in [0.25, 0.3) is 0 Å². The molecule has 0 saturated heterocycles. The van der Waals surface area contributed by atoms with Gasteiger partial charge in [0.2, 0.25) is 0 Å². The lowest BCUT2D eigenvalue weighted by molar-refractivity contribution is 0.0468. The number of hydrogen-bond donors (Lipinski definition) is 2. The van der Waals surface area contributed by atoms with Crippen LogP contribution >= 0.6 is 24.0 Å². The summed E-state index contributed by atoms with van der Waals surface area (Å²) in [6.45, 7) is 9.07. The molecule has 0 aromatic heterocycles. The van der Waals surface area contributed by atoms with E-state index in [0.717, 1.165) is 58.3 Å². The largest absolute Gasteiger partial charge is 0.382 e. The molecule has 0 radical (unpaired) electrons. The van der Waals surface area contributed by atoms with Gasteiger partial charge in [-0.25, -0.2) is 0 Å². The number of unbranched alkanes of at least 4 members (excludes halogenated alkanes) is 1. The summed E-state index contributed by atoms with van der Waals surface area (Å²) in [5, 5.41) is 6.65. The zero-order chi connectivity index (χ0) is 16.6. The second-order valence-corrected chi connectivity index (χ2v) is 6.08. The Morgan fingerprint density at radius 2 is 1.75 bits per heavy atom. The van der Waals surface area contributed by atoms with Gasteiger partial charge in [-0.05, 0) is 39.5 Å². The van der Waals surface area contributed by atoms with Crippen molar-refractivity contribution in [3.8, 4) is 0 Å². The fraction of sp³-hybridized carbons (Fsp3) is 0.944. The van der Waals surface area contributed by atoms with Crippen LogP contribution in [-0.4, -0.2) is 51.5 Å². The van der Waals surface area contributed by atoms with E-state index in [0.29, 0.717) is 6.10 Å². The molecule has 0 spiro atoms. The predicted molar refractivity (Wildman–Crippen MR) is 113 cm³/mol. The van der Waals surface area contributed by atoms with Crippen molar-refractivity contribution in [3.63, 3.8) is 0 Å². The molecule has 0 bridgehead atoms. The minimum Gasteiger partial charge on any atom is -0.382 e. The van der Waals surface area contributed by atoms with Gasteiger partial charge in [-0.2, -0.15) is 0 Å². The van der Waals surface area contributed by atoms with E-state index in [1.807, 2.05) is 6.92 Å². The molecule has 1 aliphatic carbocycles. The molecule has 5 nitrogen and oxygen atoms in total. The summed E-state index contributed by atoms with van der Waals surface area (Å²) in [5.41, 5.74) is 0. The Hall–Kier alpha value is -0.0800. The van der Waals surface area contributed by atoms with Gasteiger partial charge < -0.3 is 20.1 Å². The molecule has 2 N–H and O–H groups in total. The van der Waals surface area contributed by atoms with Crippen LogP contribution in [-0.2, 0) is 9.47 Å². The van der Waals surface area contributed by atoms with Crippen molar-refractivity contribution < 1.29 is 9.47 Å². The van der Waals surface area contributed by atoms with Gasteiger partial charge in [-0.15, -0.1) is 24.0 Å². The first kappa shape index (κ1) is 23.9. The summed E-state index contributed by atoms with van der Waals surface area (Å²) in [6.07, 6.45) is 10.5. The predicted octanol–water partition coefficient (Wildman–Crippen LogP) is 3.72. The number of rotatable bonds is 11. The van der Waals surface area contributed by atoms with Crippen molar-refractivity contribution in [2.75, 3.05) is 39.5 Å². The Morgan fingerprint density at radius 3 is 2.42 bits per heavy atom. The molecule has 24 heavy (non-hydrogen) atoms. The van der Waals surface area contributed by atoms with Gasteiger partial charge in [0.25, 0.3) is 0 Å². The minimum absolute atomic E-state index is 0. The molecule has 0 atom stereocenters. The van der Waals surface area contributed by atoms with Gasteiger partial charge in [0.1, 0.15) is 0 Å². The van der Waals surface area contributed by atoms with E-state index >= 15 is 0 Å². The number of aliphatic imine (C=N–C) groups is 1. The van der Waals surface area contributed by atoms with E-state index in [-0.39, 0.29) is 24.0 Å². The molecule has 0 aromatic carbocycles. The van der Waals surface area contributed by atoms with Crippen LogP contribution in [0, 0.1) is 0 Å². The smallest absolute Gasteiger partial charge is 0.191 e. The maximum atomic E-state index is 6.00. The zero-order valence-corrected chi connectivity index (χ0v) is 18.0. The third-order valence-corrected chi connectivity index (χ3v) is 4.07. The molecule has 1 fully saturated rings. The second kappa shape index (κ2) is 17.7. The van der Waals surface area contributed by atoms with Gasteiger partial charge in [0, 0.05) is 32.8 Å². The van der Waals surface area contributed by atoms with Crippen molar-refractivity contribution in [2.45, 2.75) is 71.3 Å². The molecule has 6 heteroatoms. The Bertz CT molecular complexity index is 296. The van der Waals surface area contributed by atoms with E-state index in [1.54, 1.807) is 0 Å². The second-order valence-electron chi connectivity index (χ2n) is 6.08. The van der Waals surface area contributed by atoms with Gasteiger partial charge in [0.05, 0.1) is 12.7 Å². The summed E-state index contributed by atoms with van der Waals surface area (Å²) < 4.78 is 11.3. The quantitative estimate of drug-likeness (QED) is 0.164. The highest BCUT2D eigenvalue weighted by atomic mass is 127. The first-order valence-corrected chi connectivity index (χ1v) is 9.58. The van der Waals surface area contributed by atoms with Gasteiger partial charge in [-0.1, -0.05) is 25.7 Å². The van der Waals surface area contributed by atoms with Crippen molar-refractivity contribution in [2.24, 2.45) is 4.99 Å². The highest BCUT2D eigenvalue weighted by molar-refractivity contribution is 14.0. The summed E-state index contributed by atoms with van der Waals surface area (Å²) >= 11 is 0. The highest BCUT2D eigenvalue weighted by Gasteiger charge is 2.11. The molecule has 1 saturated carbocycles. The standard InChI is InChI=1S/C18H37N3O2.HI/c1-3-19-18(20-13-9-10-15-22-4-2)21-14-16-23-17-11-7-5-6-8-12-17;/h17H,3-16H2,1-2H3,(H2,19,20,21);1H. The molecule has 144 valence electrons. The number of nitrogens with zero attached hydrogens (tertiary/aromatic N) is 1. The van der Waals surface area contributed by atoms with Crippen LogP contribution in [0.4, 0.5) is 0 Å². The molecular formula is C18H38IN3O2. The molecule has 0 amide bonds. The average molecular weight is 455 g/mol. The summed E-state index contributed by atoms with van der Waals surface area (Å²) in [4.78, 5) is 4.59. The van der Waals surface area contributed by atoms with Crippen LogP contribution in [0.2, 0.25) is 0 Å². The van der Waals surface area contributed by atoms with Gasteiger partial charge >= 0.3 is 0 Å². The minimum atomic E-state index is 0. The topological polar surface area (TPSA) is 54.9 Å². The number of hydrogen-bond acceptors (Lipinski definition) is 3. The maximum Gasteiger partial charge on any atom is 0.191 e.